The van der Waals surface area contributed by atoms with E-state index in [9.17, 15) is 4.79 Å². The number of nitrogens with one attached hydrogen (secondary N) is 2. The maximum Gasteiger partial charge on any atom is 0.240 e. The van der Waals surface area contributed by atoms with Crippen LogP contribution in [-0.2, 0) is 4.79 Å². The van der Waals surface area contributed by atoms with Crippen molar-refractivity contribution >= 4 is 23.0 Å². The third kappa shape index (κ3) is 6.19. The Morgan fingerprint density at radius 2 is 1.79 bits per heavy atom. The van der Waals surface area contributed by atoms with Gasteiger partial charge in [0.1, 0.15) is 0 Å². The molecular formula is C20H29N3O. The molecule has 24 heavy (non-hydrogen) atoms. The average Bonchev–Trinajstić information content (AvgIpc) is 3.01. The Kier molecular flexibility index (Phi) is 8.08. The highest BCUT2D eigenvalue weighted by atomic mass is 16.2. The molecule has 0 unspecified atom stereocenters. The van der Waals surface area contributed by atoms with Gasteiger partial charge in [-0.3, -0.25) is 4.79 Å². The van der Waals surface area contributed by atoms with Crippen LogP contribution in [0.15, 0.2) is 35.6 Å². The van der Waals surface area contributed by atoms with E-state index < -0.39 is 0 Å². The Morgan fingerprint density at radius 3 is 2.58 bits per heavy atom. The predicted octanol–water partition coefficient (Wildman–Crippen LogP) is 5.15. The Morgan fingerprint density at radius 1 is 1.08 bits per heavy atom. The summed E-state index contributed by atoms with van der Waals surface area (Å²) in [6, 6.07) is 8.04. The molecule has 2 aromatic rings. The molecule has 2 N–H and O–H groups in total. The average molecular weight is 327 g/mol. The molecule has 1 heterocycles. The lowest BCUT2D eigenvalue weighted by Gasteiger charge is -2.01. The van der Waals surface area contributed by atoms with E-state index in [1.807, 2.05) is 30.5 Å². The van der Waals surface area contributed by atoms with Crippen LogP contribution in [-0.4, -0.2) is 17.1 Å². The van der Waals surface area contributed by atoms with Crippen molar-refractivity contribution in [2.75, 3.05) is 0 Å². The van der Waals surface area contributed by atoms with E-state index in [-0.39, 0.29) is 5.91 Å². The summed E-state index contributed by atoms with van der Waals surface area (Å²) >= 11 is 0. The lowest BCUT2D eigenvalue weighted by Crippen LogP contribution is -2.16. The maximum absolute atomic E-state index is 11.8. The molecule has 0 atom stereocenters. The molecule has 1 aromatic heterocycles. The van der Waals surface area contributed by atoms with Gasteiger partial charge in [-0.15, -0.1) is 0 Å². The molecule has 4 heteroatoms. The zero-order valence-corrected chi connectivity index (χ0v) is 14.7. The second-order valence-corrected chi connectivity index (χ2v) is 6.31. The normalized spacial score (nSPS) is 11.4. The van der Waals surface area contributed by atoms with Crippen molar-refractivity contribution in [2.24, 2.45) is 5.10 Å². The molecule has 1 aromatic carbocycles. The van der Waals surface area contributed by atoms with Crippen LogP contribution in [0.2, 0.25) is 0 Å². The Hall–Kier alpha value is -2.10. The highest BCUT2D eigenvalue weighted by Crippen LogP contribution is 2.15. The number of hydrogen-bond acceptors (Lipinski definition) is 2. The Balaban J connectivity index is 1.59. The van der Waals surface area contributed by atoms with Crippen LogP contribution in [0, 0.1) is 0 Å². The van der Waals surface area contributed by atoms with Crippen LogP contribution in [0.1, 0.15) is 70.3 Å². The van der Waals surface area contributed by atoms with Gasteiger partial charge in [-0.1, -0.05) is 70.1 Å². The fourth-order valence-electron chi connectivity index (χ4n) is 2.85. The zero-order valence-electron chi connectivity index (χ0n) is 14.7. The minimum absolute atomic E-state index is 0.00271. The predicted molar refractivity (Wildman–Crippen MR) is 101 cm³/mol. The van der Waals surface area contributed by atoms with E-state index in [1.54, 1.807) is 6.21 Å². The molecule has 0 saturated carbocycles. The van der Waals surface area contributed by atoms with Gasteiger partial charge >= 0.3 is 0 Å². The standard InChI is InChI=1S/C20H29N3O/c1-2-3-4-5-6-7-8-9-14-20(24)23-22-16-17-15-21-19-13-11-10-12-18(17)19/h10-13,15-16,21H,2-9,14H2,1H3,(H,23,24). The molecule has 0 aliphatic heterocycles. The number of rotatable bonds is 11. The SMILES string of the molecule is CCCCCCCCCCC(=O)NN=Cc1c[nH]c2ccccc12. The smallest absolute Gasteiger partial charge is 0.240 e. The zero-order chi connectivity index (χ0) is 17.0. The van der Waals surface area contributed by atoms with E-state index in [0.29, 0.717) is 6.42 Å². The molecule has 0 spiro atoms. The van der Waals surface area contributed by atoms with Crippen LogP contribution in [0.5, 0.6) is 0 Å². The second-order valence-electron chi connectivity index (χ2n) is 6.31. The number of aromatic nitrogens is 1. The van der Waals surface area contributed by atoms with E-state index in [4.69, 9.17) is 0 Å². The van der Waals surface area contributed by atoms with E-state index in [0.717, 1.165) is 29.3 Å². The van der Waals surface area contributed by atoms with Crippen molar-refractivity contribution in [1.29, 1.82) is 0 Å². The first-order chi connectivity index (χ1) is 11.8. The number of carbonyl (C=O) groups excluding carboxylic acids is 1. The summed E-state index contributed by atoms with van der Waals surface area (Å²) < 4.78 is 0. The van der Waals surface area contributed by atoms with Crippen molar-refractivity contribution in [3.63, 3.8) is 0 Å². The highest BCUT2D eigenvalue weighted by Gasteiger charge is 2.01. The molecule has 0 bridgehead atoms. The third-order valence-electron chi connectivity index (χ3n) is 4.27. The van der Waals surface area contributed by atoms with E-state index in [1.165, 1.54) is 38.5 Å². The quantitative estimate of drug-likeness (QED) is 0.335. The number of aromatic amines is 1. The Bertz CT molecular complexity index is 645. The van der Waals surface area contributed by atoms with E-state index >= 15 is 0 Å². The van der Waals surface area contributed by atoms with Gasteiger partial charge in [0.15, 0.2) is 0 Å². The van der Waals surface area contributed by atoms with Crippen molar-refractivity contribution in [2.45, 2.75) is 64.7 Å². The van der Waals surface area contributed by atoms with Crippen molar-refractivity contribution in [3.8, 4) is 0 Å². The molecule has 0 saturated heterocycles. The largest absolute Gasteiger partial charge is 0.361 e. The van der Waals surface area contributed by atoms with Gasteiger partial charge in [-0.25, -0.2) is 5.43 Å². The van der Waals surface area contributed by atoms with Gasteiger partial charge in [0.25, 0.3) is 0 Å². The summed E-state index contributed by atoms with van der Waals surface area (Å²) in [6.45, 7) is 2.24. The number of hydrazone groups is 1. The van der Waals surface area contributed by atoms with E-state index in [2.05, 4.69) is 22.4 Å². The third-order valence-corrected chi connectivity index (χ3v) is 4.27. The minimum Gasteiger partial charge on any atom is -0.361 e. The first kappa shape index (κ1) is 18.2. The molecule has 0 aliphatic rings. The molecule has 130 valence electrons. The van der Waals surface area contributed by atoms with Gasteiger partial charge < -0.3 is 4.98 Å². The molecule has 0 fully saturated rings. The van der Waals surface area contributed by atoms with Crippen molar-refractivity contribution in [1.82, 2.24) is 10.4 Å². The highest BCUT2D eigenvalue weighted by molar-refractivity contribution is 5.99. The van der Waals surface area contributed by atoms with Crippen LogP contribution in [0.3, 0.4) is 0 Å². The van der Waals surface area contributed by atoms with Gasteiger partial charge in [-0.05, 0) is 12.5 Å². The lowest BCUT2D eigenvalue weighted by atomic mass is 10.1. The fraction of sp³-hybridized carbons (Fsp3) is 0.500. The summed E-state index contributed by atoms with van der Waals surface area (Å²) in [5, 5.41) is 5.18. The number of carbonyl (C=O) groups is 1. The Labute approximate surface area is 144 Å². The lowest BCUT2D eigenvalue weighted by molar-refractivity contribution is -0.121. The van der Waals surface area contributed by atoms with Crippen molar-refractivity contribution in [3.05, 3.63) is 36.0 Å². The summed E-state index contributed by atoms with van der Waals surface area (Å²) in [6.07, 6.45) is 14.1. The first-order valence-corrected chi connectivity index (χ1v) is 9.19. The number of para-hydroxylation sites is 1. The van der Waals surface area contributed by atoms with Gasteiger partial charge in [0, 0.05) is 29.1 Å². The van der Waals surface area contributed by atoms with Crippen LogP contribution in [0.25, 0.3) is 10.9 Å². The van der Waals surface area contributed by atoms with Crippen molar-refractivity contribution < 1.29 is 4.79 Å². The van der Waals surface area contributed by atoms with Crippen LogP contribution < -0.4 is 5.43 Å². The summed E-state index contributed by atoms with van der Waals surface area (Å²) in [5.41, 5.74) is 4.68. The molecule has 0 radical (unpaired) electrons. The molecule has 2 rings (SSSR count). The number of benzene rings is 1. The second kappa shape index (κ2) is 10.6. The van der Waals surface area contributed by atoms with Gasteiger partial charge in [0.2, 0.25) is 5.91 Å². The first-order valence-electron chi connectivity index (χ1n) is 9.19. The number of unbranched alkanes of at least 4 members (excludes halogenated alkanes) is 7. The van der Waals surface area contributed by atoms with Crippen LogP contribution >= 0.6 is 0 Å². The topological polar surface area (TPSA) is 57.2 Å². The fourth-order valence-corrected chi connectivity index (χ4v) is 2.85. The molecule has 1 amide bonds. The minimum atomic E-state index is -0.00271. The van der Waals surface area contributed by atoms with Gasteiger partial charge in [0.05, 0.1) is 6.21 Å². The number of H-pyrrole nitrogens is 1. The number of fused-ring (bicyclic) bond motifs is 1. The van der Waals surface area contributed by atoms with Crippen LogP contribution in [0.4, 0.5) is 0 Å². The van der Waals surface area contributed by atoms with Gasteiger partial charge in [-0.2, -0.15) is 5.10 Å². The summed E-state index contributed by atoms with van der Waals surface area (Å²) in [4.78, 5) is 15.0. The molecule has 0 aliphatic carbocycles. The maximum atomic E-state index is 11.8. The monoisotopic (exact) mass is 327 g/mol. The summed E-state index contributed by atoms with van der Waals surface area (Å²) in [7, 11) is 0. The number of nitrogens with zero attached hydrogens (tertiary/aromatic N) is 1. The number of hydrogen-bond donors (Lipinski definition) is 2. The molecule has 4 nitrogen and oxygen atoms in total. The number of amides is 1. The summed E-state index contributed by atoms with van der Waals surface area (Å²) in [5.74, 6) is -0.00271. The molecular weight excluding hydrogens is 298 g/mol.